The summed E-state index contributed by atoms with van der Waals surface area (Å²) in [7, 11) is 0. The van der Waals surface area contributed by atoms with Crippen molar-refractivity contribution >= 4 is 17.3 Å². The van der Waals surface area contributed by atoms with Crippen LogP contribution in [-0.4, -0.2) is 24.0 Å². The van der Waals surface area contributed by atoms with E-state index in [0.29, 0.717) is 19.4 Å². The molecule has 0 aromatic heterocycles. The molecule has 6 nitrogen and oxygen atoms in total. The summed E-state index contributed by atoms with van der Waals surface area (Å²) in [6.07, 6.45) is 3.15. The number of benzene rings is 1. The van der Waals surface area contributed by atoms with Crippen LogP contribution in [0, 0.1) is 21.3 Å². The number of nitrogens with one attached hydrogen (secondary N) is 1. The van der Waals surface area contributed by atoms with Crippen LogP contribution in [0.1, 0.15) is 32.6 Å². The number of anilines is 1. The quantitative estimate of drug-likeness (QED) is 0.495. The first-order valence-corrected chi connectivity index (χ1v) is 7.34. The molecule has 0 bridgehead atoms. The van der Waals surface area contributed by atoms with Gasteiger partial charge in [0.2, 0.25) is 5.82 Å². The van der Waals surface area contributed by atoms with Crippen LogP contribution in [0.3, 0.4) is 0 Å². The second-order valence-electron chi connectivity index (χ2n) is 5.45. The molecule has 0 saturated heterocycles. The molecular weight excluding hydrogens is 291 g/mol. The van der Waals surface area contributed by atoms with E-state index in [2.05, 4.69) is 5.32 Å². The third-order valence-electron chi connectivity index (χ3n) is 4.06. The minimum atomic E-state index is -0.897. The van der Waals surface area contributed by atoms with Crippen LogP contribution in [0.5, 0.6) is 0 Å². The Balaban J connectivity index is 2.19. The van der Waals surface area contributed by atoms with Crippen molar-refractivity contribution in [2.24, 2.45) is 5.41 Å². The number of esters is 1. The van der Waals surface area contributed by atoms with Gasteiger partial charge in [-0.2, -0.15) is 4.39 Å². The number of carbonyl (C=O) groups excluding carboxylic acids is 1. The van der Waals surface area contributed by atoms with E-state index in [9.17, 15) is 19.3 Å². The van der Waals surface area contributed by atoms with Gasteiger partial charge in [0, 0.05) is 6.54 Å². The Morgan fingerprint density at radius 2 is 2.14 bits per heavy atom. The number of nitrogens with zero attached hydrogens (tertiary/aromatic N) is 1. The zero-order valence-electron chi connectivity index (χ0n) is 12.4. The van der Waals surface area contributed by atoms with Crippen LogP contribution in [0.15, 0.2) is 18.2 Å². The molecule has 1 aliphatic carbocycles. The number of hydrogen-bond donors (Lipinski definition) is 1. The fraction of sp³-hybridized carbons (Fsp3) is 0.533. The van der Waals surface area contributed by atoms with Crippen LogP contribution in [0.4, 0.5) is 15.8 Å². The molecule has 0 heterocycles. The number of halogens is 1. The van der Waals surface area contributed by atoms with Crippen LogP contribution in [0.25, 0.3) is 0 Å². The molecule has 0 radical (unpaired) electrons. The Morgan fingerprint density at radius 3 is 2.73 bits per heavy atom. The highest BCUT2D eigenvalue weighted by Gasteiger charge is 2.42. The van der Waals surface area contributed by atoms with E-state index in [4.69, 9.17) is 4.74 Å². The molecule has 1 fully saturated rings. The van der Waals surface area contributed by atoms with Gasteiger partial charge in [0.25, 0.3) is 0 Å². The van der Waals surface area contributed by atoms with E-state index >= 15 is 0 Å². The molecule has 1 saturated carbocycles. The van der Waals surface area contributed by atoms with Gasteiger partial charge in [-0.25, -0.2) is 0 Å². The highest BCUT2D eigenvalue weighted by atomic mass is 19.1. The van der Waals surface area contributed by atoms with Gasteiger partial charge < -0.3 is 10.1 Å². The number of para-hydroxylation sites is 1. The van der Waals surface area contributed by atoms with Crippen molar-refractivity contribution in [1.29, 1.82) is 0 Å². The minimum absolute atomic E-state index is 0.0839. The van der Waals surface area contributed by atoms with Gasteiger partial charge in [-0.3, -0.25) is 14.9 Å². The van der Waals surface area contributed by atoms with E-state index < -0.39 is 21.8 Å². The van der Waals surface area contributed by atoms with E-state index in [-0.39, 0.29) is 18.2 Å². The predicted octanol–water partition coefficient (Wildman–Crippen LogP) is 3.27. The Hall–Kier alpha value is -2.18. The monoisotopic (exact) mass is 310 g/mol. The molecule has 1 aliphatic rings. The predicted molar refractivity (Wildman–Crippen MR) is 79.1 cm³/mol. The molecule has 1 aromatic carbocycles. The minimum Gasteiger partial charge on any atom is -0.466 e. The SMILES string of the molecule is CCOC(=O)C1(CNc2cccc(F)c2[N+](=O)[O-])CCCC1. The summed E-state index contributed by atoms with van der Waals surface area (Å²) in [5.74, 6) is -1.19. The van der Waals surface area contributed by atoms with E-state index in [0.717, 1.165) is 18.9 Å². The summed E-state index contributed by atoms with van der Waals surface area (Å²) >= 11 is 0. The molecule has 0 aliphatic heterocycles. The molecule has 0 spiro atoms. The normalized spacial score (nSPS) is 16.3. The lowest BCUT2D eigenvalue weighted by Crippen LogP contribution is -2.37. The Kier molecular flexibility index (Phi) is 4.95. The van der Waals surface area contributed by atoms with Crippen molar-refractivity contribution in [2.75, 3.05) is 18.5 Å². The van der Waals surface area contributed by atoms with E-state index in [1.165, 1.54) is 12.1 Å². The Morgan fingerprint density at radius 1 is 1.45 bits per heavy atom. The highest BCUT2D eigenvalue weighted by molar-refractivity contribution is 5.78. The number of nitro groups is 1. The number of nitro benzene ring substituents is 1. The van der Waals surface area contributed by atoms with Crippen LogP contribution >= 0.6 is 0 Å². The largest absolute Gasteiger partial charge is 0.466 e. The van der Waals surface area contributed by atoms with Gasteiger partial charge >= 0.3 is 11.7 Å². The first-order chi connectivity index (χ1) is 10.5. The first kappa shape index (κ1) is 16.2. The molecule has 2 rings (SSSR count). The smallest absolute Gasteiger partial charge is 0.327 e. The summed E-state index contributed by atoms with van der Waals surface area (Å²) in [5, 5.41) is 13.9. The number of rotatable bonds is 6. The number of carbonyl (C=O) groups is 1. The van der Waals surface area contributed by atoms with Crippen molar-refractivity contribution in [1.82, 2.24) is 0 Å². The van der Waals surface area contributed by atoms with Gasteiger partial charge in [0.15, 0.2) is 0 Å². The maximum absolute atomic E-state index is 13.6. The summed E-state index contributed by atoms with van der Waals surface area (Å²) in [5.41, 5.74) is -1.20. The lowest BCUT2D eigenvalue weighted by Gasteiger charge is -2.27. The lowest BCUT2D eigenvalue weighted by atomic mass is 9.86. The third-order valence-corrected chi connectivity index (χ3v) is 4.06. The summed E-state index contributed by atoms with van der Waals surface area (Å²) in [4.78, 5) is 22.4. The molecule has 1 aromatic rings. The average Bonchev–Trinajstić information content (AvgIpc) is 2.95. The molecule has 7 heteroatoms. The van der Waals surface area contributed by atoms with Gasteiger partial charge in [-0.15, -0.1) is 0 Å². The average molecular weight is 310 g/mol. The Labute approximate surface area is 127 Å². The van der Waals surface area contributed by atoms with Crippen molar-refractivity contribution in [3.05, 3.63) is 34.1 Å². The van der Waals surface area contributed by atoms with Gasteiger partial charge in [0.05, 0.1) is 16.9 Å². The molecular formula is C15H19FN2O4. The van der Waals surface area contributed by atoms with Crippen LogP contribution in [-0.2, 0) is 9.53 Å². The van der Waals surface area contributed by atoms with Gasteiger partial charge in [-0.1, -0.05) is 18.9 Å². The Bertz CT molecular complexity index is 571. The standard InChI is InChI=1S/C15H19FN2O4/c1-2-22-14(19)15(8-3-4-9-15)10-17-12-7-5-6-11(16)13(12)18(20)21/h5-7,17H,2-4,8-10H2,1H3. The third kappa shape index (κ3) is 3.18. The van der Waals surface area contributed by atoms with E-state index in [1.54, 1.807) is 6.92 Å². The molecule has 1 N–H and O–H groups in total. The maximum atomic E-state index is 13.6. The van der Waals surface area contributed by atoms with Gasteiger partial charge in [0.1, 0.15) is 5.69 Å². The van der Waals surface area contributed by atoms with E-state index in [1.807, 2.05) is 0 Å². The summed E-state index contributed by atoms with van der Waals surface area (Å²) in [6, 6.07) is 3.88. The van der Waals surface area contributed by atoms with Gasteiger partial charge in [-0.05, 0) is 31.9 Å². The molecule has 120 valence electrons. The summed E-state index contributed by atoms with van der Waals surface area (Å²) < 4.78 is 18.7. The molecule has 0 atom stereocenters. The zero-order valence-corrected chi connectivity index (χ0v) is 12.4. The number of ether oxygens (including phenoxy) is 1. The second-order valence-corrected chi connectivity index (χ2v) is 5.45. The topological polar surface area (TPSA) is 81.5 Å². The highest BCUT2D eigenvalue weighted by Crippen LogP contribution is 2.40. The zero-order chi connectivity index (χ0) is 16.2. The van der Waals surface area contributed by atoms with Crippen molar-refractivity contribution < 1.29 is 18.8 Å². The lowest BCUT2D eigenvalue weighted by molar-refractivity contribution is -0.386. The molecule has 0 unspecified atom stereocenters. The van der Waals surface area contributed by atoms with Crippen molar-refractivity contribution in [3.63, 3.8) is 0 Å². The van der Waals surface area contributed by atoms with Crippen molar-refractivity contribution in [2.45, 2.75) is 32.6 Å². The van der Waals surface area contributed by atoms with Crippen molar-refractivity contribution in [3.8, 4) is 0 Å². The van der Waals surface area contributed by atoms with Crippen LogP contribution < -0.4 is 5.32 Å². The summed E-state index contributed by atoms with van der Waals surface area (Å²) in [6.45, 7) is 2.24. The first-order valence-electron chi connectivity index (χ1n) is 7.34. The number of hydrogen-bond acceptors (Lipinski definition) is 5. The second kappa shape index (κ2) is 6.72. The maximum Gasteiger partial charge on any atom is 0.327 e. The molecule has 0 amide bonds. The fourth-order valence-corrected chi connectivity index (χ4v) is 2.90. The fourth-order valence-electron chi connectivity index (χ4n) is 2.90. The van der Waals surface area contributed by atoms with Crippen LogP contribution in [0.2, 0.25) is 0 Å². The molecule has 22 heavy (non-hydrogen) atoms.